The van der Waals surface area contributed by atoms with E-state index in [1.54, 1.807) is 7.11 Å². The molecule has 0 spiro atoms. The van der Waals surface area contributed by atoms with Gasteiger partial charge in [0.1, 0.15) is 0 Å². The molecule has 0 aliphatic carbocycles. The van der Waals surface area contributed by atoms with Crippen LogP contribution in [0.3, 0.4) is 0 Å². The summed E-state index contributed by atoms with van der Waals surface area (Å²) in [6.45, 7) is 4.12. The highest BCUT2D eigenvalue weighted by Gasteiger charge is 1.99. The molecular formula is C8H19NOS. The number of hydrogen-bond donors (Lipinski definition) is 1. The highest BCUT2D eigenvalue weighted by molar-refractivity contribution is 7.99. The summed E-state index contributed by atoms with van der Waals surface area (Å²) in [5.41, 5.74) is 5.60. The number of rotatable bonds is 6. The first-order valence-electron chi connectivity index (χ1n) is 4.03. The van der Waals surface area contributed by atoms with E-state index in [4.69, 9.17) is 10.5 Å². The van der Waals surface area contributed by atoms with E-state index in [0.29, 0.717) is 12.1 Å². The highest BCUT2D eigenvalue weighted by Crippen LogP contribution is 2.07. The van der Waals surface area contributed by atoms with Crippen LogP contribution in [-0.2, 0) is 4.74 Å². The Bertz CT molecular complexity index is 88.2. The van der Waals surface area contributed by atoms with Crippen LogP contribution in [0.5, 0.6) is 0 Å². The third-order valence-corrected chi connectivity index (χ3v) is 2.70. The first kappa shape index (κ1) is 11.3. The monoisotopic (exact) mass is 177 g/mol. The molecule has 0 aromatic carbocycles. The van der Waals surface area contributed by atoms with Crippen LogP contribution in [-0.4, -0.2) is 30.8 Å². The Labute approximate surface area is 73.9 Å². The van der Waals surface area contributed by atoms with Gasteiger partial charge in [-0.05, 0) is 26.0 Å². The fourth-order valence-corrected chi connectivity index (χ4v) is 1.76. The van der Waals surface area contributed by atoms with Crippen LogP contribution in [0, 0.1) is 0 Å². The maximum absolute atomic E-state index is 5.60. The molecule has 2 nitrogen and oxygen atoms in total. The lowest BCUT2D eigenvalue weighted by Crippen LogP contribution is -2.16. The van der Waals surface area contributed by atoms with Crippen molar-refractivity contribution in [1.82, 2.24) is 0 Å². The number of ether oxygens (including phenoxy) is 1. The van der Waals surface area contributed by atoms with Crippen LogP contribution in [0.15, 0.2) is 0 Å². The van der Waals surface area contributed by atoms with E-state index in [9.17, 15) is 0 Å². The molecule has 68 valence electrons. The maximum atomic E-state index is 5.60. The Morgan fingerprint density at radius 3 is 2.55 bits per heavy atom. The fourth-order valence-electron chi connectivity index (χ4n) is 0.587. The van der Waals surface area contributed by atoms with E-state index in [2.05, 4.69) is 6.92 Å². The second kappa shape index (κ2) is 6.95. The van der Waals surface area contributed by atoms with Gasteiger partial charge in [-0.15, -0.1) is 0 Å². The van der Waals surface area contributed by atoms with Crippen molar-refractivity contribution in [3.05, 3.63) is 0 Å². The van der Waals surface area contributed by atoms with Gasteiger partial charge in [-0.3, -0.25) is 0 Å². The van der Waals surface area contributed by atoms with E-state index in [-0.39, 0.29) is 0 Å². The SMILES string of the molecule is COC(C)CSCCC(C)N. The van der Waals surface area contributed by atoms with E-state index < -0.39 is 0 Å². The van der Waals surface area contributed by atoms with E-state index in [1.165, 1.54) is 0 Å². The standard InChI is InChI=1S/C8H19NOS/c1-7(9)4-5-11-6-8(2)10-3/h7-8H,4-6,9H2,1-3H3. The largest absolute Gasteiger partial charge is 0.381 e. The fraction of sp³-hybridized carbons (Fsp3) is 1.00. The summed E-state index contributed by atoms with van der Waals surface area (Å²) in [6.07, 6.45) is 1.47. The Kier molecular flexibility index (Phi) is 7.12. The first-order chi connectivity index (χ1) is 5.16. The minimum absolute atomic E-state index is 0.334. The van der Waals surface area contributed by atoms with Crippen molar-refractivity contribution >= 4 is 11.8 Å². The van der Waals surface area contributed by atoms with Crippen molar-refractivity contribution in [3.8, 4) is 0 Å². The lowest BCUT2D eigenvalue weighted by atomic mass is 10.3. The molecule has 3 heteroatoms. The van der Waals surface area contributed by atoms with Crippen molar-refractivity contribution in [2.45, 2.75) is 32.4 Å². The van der Waals surface area contributed by atoms with E-state index in [0.717, 1.165) is 17.9 Å². The Morgan fingerprint density at radius 2 is 2.09 bits per heavy atom. The van der Waals surface area contributed by atoms with Gasteiger partial charge in [-0.1, -0.05) is 0 Å². The molecule has 0 aliphatic heterocycles. The third kappa shape index (κ3) is 8.17. The average molecular weight is 177 g/mol. The summed E-state index contributed by atoms with van der Waals surface area (Å²) < 4.78 is 5.11. The number of hydrogen-bond acceptors (Lipinski definition) is 3. The smallest absolute Gasteiger partial charge is 0.0633 e. The summed E-state index contributed by atoms with van der Waals surface area (Å²) in [6, 6.07) is 0.334. The lowest BCUT2D eigenvalue weighted by Gasteiger charge is -2.09. The quantitative estimate of drug-likeness (QED) is 0.624. The van der Waals surface area contributed by atoms with Crippen molar-refractivity contribution in [1.29, 1.82) is 0 Å². The van der Waals surface area contributed by atoms with Gasteiger partial charge in [0.2, 0.25) is 0 Å². The first-order valence-corrected chi connectivity index (χ1v) is 5.18. The van der Waals surface area contributed by atoms with Crippen LogP contribution in [0.25, 0.3) is 0 Å². The summed E-state index contributed by atoms with van der Waals surface area (Å²) >= 11 is 1.91. The van der Waals surface area contributed by atoms with Crippen LogP contribution in [0.1, 0.15) is 20.3 Å². The van der Waals surface area contributed by atoms with Crippen LogP contribution < -0.4 is 5.73 Å². The zero-order valence-electron chi connectivity index (χ0n) is 7.67. The van der Waals surface area contributed by atoms with Crippen molar-refractivity contribution < 1.29 is 4.74 Å². The molecule has 0 aromatic heterocycles. The van der Waals surface area contributed by atoms with Crippen molar-refractivity contribution in [2.75, 3.05) is 18.6 Å². The Balaban J connectivity index is 3.01. The van der Waals surface area contributed by atoms with Gasteiger partial charge < -0.3 is 10.5 Å². The Hall–Kier alpha value is 0.270. The van der Waals surface area contributed by atoms with Gasteiger partial charge in [0.05, 0.1) is 6.10 Å². The molecule has 0 saturated heterocycles. The van der Waals surface area contributed by atoms with Gasteiger partial charge in [0, 0.05) is 18.9 Å². The molecule has 0 rings (SSSR count). The lowest BCUT2D eigenvalue weighted by molar-refractivity contribution is 0.138. The summed E-state index contributed by atoms with van der Waals surface area (Å²) in [5.74, 6) is 2.22. The molecule has 2 unspecified atom stereocenters. The minimum Gasteiger partial charge on any atom is -0.381 e. The molecule has 11 heavy (non-hydrogen) atoms. The molecule has 0 amide bonds. The summed E-state index contributed by atoms with van der Waals surface area (Å²) in [4.78, 5) is 0. The van der Waals surface area contributed by atoms with Crippen molar-refractivity contribution in [2.24, 2.45) is 5.73 Å². The van der Waals surface area contributed by atoms with Crippen LogP contribution >= 0.6 is 11.8 Å². The third-order valence-electron chi connectivity index (χ3n) is 1.47. The Morgan fingerprint density at radius 1 is 1.45 bits per heavy atom. The van der Waals surface area contributed by atoms with Gasteiger partial charge in [-0.25, -0.2) is 0 Å². The zero-order chi connectivity index (χ0) is 8.69. The molecule has 0 aliphatic rings. The highest BCUT2D eigenvalue weighted by atomic mass is 32.2. The second-order valence-electron chi connectivity index (χ2n) is 2.89. The van der Waals surface area contributed by atoms with Gasteiger partial charge in [-0.2, -0.15) is 11.8 Å². The predicted molar refractivity (Wildman–Crippen MR) is 52.1 cm³/mol. The molecule has 0 aromatic rings. The molecule has 0 fully saturated rings. The zero-order valence-corrected chi connectivity index (χ0v) is 8.49. The van der Waals surface area contributed by atoms with Gasteiger partial charge >= 0.3 is 0 Å². The number of nitrogens with two attached hydrogens (primary N) is 1. The molecule has 0 saturated carbocycles. The van der Waals surface area contributed by atoms with Crippen LogP contribution in [0.4, 0.5) is 0 Å². The minimum atomic E-state index is 0.334. The van der Waals surface area contributed by atoms with E-state index >= 15 is 0 Å². The van der Waals surface area contributed by atoms with Crippen LogP contribution in [0.2, 0.25) is 0 Å². The average Bonchev–Trinajstić information content (AvgIpc) is 1.97. The summed E-state index contributed by atoms with van der Waals surface area (Å²) in [5, 5.41) is 0. The molecule has 2 N–H and O–H groups in total. The molecule has 0 radical (unpaired) electrons. The van der Waals surface area contributed by atoms with E-state index in [1.807, 2.05) is 18.7 Å². The second-order valence-corrected chi connectivity index (χ2v) is 4.04. The van der Waals surface area contributed by atoms with Gasteiger partial charge in [0.15, 0.2) is 0 Å². The number of thioether (sulfide) groups is 1. The number of methoxy groups -OCH3 is 1. The summed E-state index contributed by atoms with van der Waals surface area (Å²) in [7, 11) is 1.75. The topological polar surface area (TPSA) is 35.2 Å². The maximum Gasteiger partial charge on any atom is 0.0633 e. The predicted octanol–water partition coefficient (Wildman–Crippen LogP) is 1.49. The normalized spacial score (nSPS) is 16.4. The molecule has 0 bridgehead atoms. The molecular weight excluding hydrogens is 158 g/mol. The molecule has 0 heterocycles. The molecule has 2 atom stereocenters. The van der Waals surface area contributed by atoms with Gasteiger partial charge in [0.25, 0.3) is 0 Å². The van der Waals surface area contributed by atoms with Crippen molar-refractivity contribution in [3.63, 3.8) is 0 Å².